The molecular weight excluding hydrogens is 523 g/mol. The molecule has 39 heavy (non-hydrogen) atoms. The van der Waals surface area contributed by atoms with Crippen molar-refractivity contribution in [2.45, 2.75) is 64.4 Å². The molecule has 0 spiro atoms. The Morgan fingerprint density at radius 2 is 0.949 bits per heavy atom. The van der Waals surface area contributed by atoms with Crippen LogP contribution in [-0.4, -0.2) is 16.7 Å². The van der Waals surface area contributed by atoms with Gasteiger partial charge in [0.05, 0.1) is 0 Å². The van der Waals surface area contributed by atoms with Crippen molar-refractivity contribution in [3.8, 4) is 0 Å². The molecule has 1 saturated heterocycles. The van der Waals surface area contributed by atoms with Gasteiger partial charge >= 0.3 is 239 Å². The van der Waals surface area contributed by atoms with Gasteiger partial charge in [-0.25, -0.2) is 0 Å². The van der Waals surface area contributed by atoms with Crippen molar-refractivity contribution in [3.63, 3.8) is 0 Å². The molecule has 0 bridgehead atoms. The molecule has 0 saturated carbocycles. The third-order valence-corrected chi connectivity index (χ3v) is 13.4. The molecule has 1 unspecified atom stereocenters. The van der Waals surface area contributed by atoms with Crippen LogP contribution in [0.5, 0.6) is 0 Å². The van der Waals surface area contributed by atoms with Gasteiger partial charge in [-0.2, -0.15) is 0 Å². The second-order valence-electron chi connectivity index (χ2n) is 12.1. The second kappa shape index (κ2) is 9.84. The number of hydrogen-bond donors (Lipinski definition) is 0. The fourth-order valence-electron chi connectivity index (χ4n) is 5.92. The maximum absolute atomic E-state index is 7.64. The monoisotopic (exact) mass is 560 g/mol. The Balaban J connectivity index is 2.01. The first-order valence-corrected chi connectivity index (χ1v) is 16.0. The zero-order valence-corrected chi connectivity index (χ0v) is 25.2. The first kappa shape index (κ1) is 28.0. The van der Waals surface area contributed by atoms with Gasteiger partial charge in [0.2, 0.25) is 0 Å². The molecule has 1 aliphatic heterocycles. The molecule has 204 valence electrons. The Morgan fingerprint density at radius 1 is 0.590 bits per heavy atom. The second-order valence-corrected chi connectivity index (χ2v) is 17.0. The van der Waals surface area contributed by atoms with Crippen LogP contribution in [-0.2, 0) is 14.0 Å². The van der Waals surface area contributed by atoms with E-state index in [-0.39, 0.29) is 0 Å². The molecule has 0 aromatic heterocycles. The summed E-state index contributed by atoms with van der Waals surface area (Å²) in [6.07, 6.45) is -0.522. The van der Waals surface area contributed by atoms with Gasteiger partial charge in [-0.1, -0.05) is 0 Å². The van der Waals surface area contributed by atoms with Crippen molar-refractivity contribution in [3.05, 3.63) is 126 Å². The van der Waals surface area contributed by atoms with Crippen LogP contribution < -0.4 is 15.9 Å². The van der Waals surface area contributed by atoms with Crippen LogP contribution in [0.4, 0.5) is 0 Å². The van der Waals surface area contributed by atoms with Crippen LogP contribution in [0.2, 0.25) is 5.02 Å². The third kappa shape index (κ3) is 4.36. The predicted molar refractivity (Wildman–Crippen MR) is 165 cm³/mol. The fourth-order valence-corrected chi connectivity index (χ4v) is 12.8. The minimum atomic E-state index is -4.00. The van der Waals surface area contributed by atoms with Crippen molar-refractivity contribution in [1.29, 1.82) is 0 Å². The average molecular weight is 561 g/mol. The van der Waals surface area contributed by atoms with Gasteiger partial charge in [-0.05, 0) is 0 Å². The number of ether oxygens (including phenoxy) is 2. The summed E-state index contributed by atoms with van der Waals surface area (Å²) >= 11 is 6.34. The normalized spacial score (nSPS) is 20.8. The Hall–Kier alpha value is -2.52. The van der Waals surface area contributed by atoms with Gasteiger partial charge in [0.15, 0.2) is 0 Å². The molecule has 3 nitrogen and oxygen atoms in total. The summed E-state index contributed by atoms with van der Waals surface area (Å²) < 4.78 is 22.4. The summed E-state index contributed by atoms with van der Waals surface area (Å²) in [5.41, 5.74) is -1.39. The zero-order valence-electron chi connectivity index (χ0n) is 23.6. The summed E-state index contributed by atoms with van der Waals surface area (Å²) in [5.74, 6) is 0. The van der Waals surface area contributed by atoms with E-state index in [0.29, 0.717) is 5.02 Å². The van der Waals surface area contributed by atoms with E-state index in [2.05, 4.69) is 114 Å². The van der Waals surface area contributed by atoms with Gasteiger partial charge < -0.3 is 0 Å². The maximum atomic E-state index is 7.64. The SMILES string of the molecule is CC(C)(C)OC1(OC(C)(C)C)C(c2ccc(Cl)cc2)OP1(c1ccccc1)(c1ccccc1)c1ccccc1. The summed E-state index contributed by atoms with van der Waals surface area (Å²) in [6.45, 7) is 8.53. The molecular formula is C34H38ClO3P. The molecule has 5 rings (SSSR count). The molecule has 1 aliphatic rings. The van der Waals surface area contributed by atoms with Crippen LogP contribution in [0.25, 0.3) is 0 Å². The quantitative estimate of drug-likeness (QED) is 0.176. The van der Waals surface area contributed by atoms with E-state index in [1.807, 2.05) is 42.5 Å². The standard InChI is InChI=1S/C34H38ClO3P/c1-32(2,3)37-34(38-33(4,5)6)31(26-22-24-27(35)25-23-26)36-39(34,28-16-10-7-11-17-28,29-18-12-8-13-19-29)30-20-14-9-15-21-30/h7-25,31H,1-6H3. The van der Waals surface area contributed by atoms with E-state index < -0.39 is 29.7 Å². The molecule has 1 atom stereocenters. The first-order chi connectivity index (χ1) is 18.4. The van der Waals surface area contributed by atoms with Gasteiger partial charge in [0.25, 0.3) is 0 Å². The van der Waals surface area contributed by atoms with E-state index >= 15 is 0 Å². The molecule has 0 radical (unpaired) electrons. The minimum absolute atomic E-state index is 0.522. The molecule has 1 heterocycles. The van der Waals surface area contributed by atoms with E-state index in [0.717, 1.165) is 21.5 Å². The summed E-state index contributed by atoms with van der Waals surface area (Å²) in [6, 6.07) is 39.4. The third-order valence-electron chi connectivity index (χ3n) is 7.07. The summed E-state index contributed by atoms with van der Waals surface area (Å²) in [4.78, 5) is 0. The van der Waals surface area contributed by atoms with Crippen molar-refractivity contribution >= 4 is 34.3 Å². The molecule has 1 fully saturated rings. The molecule has 5 heteroatoms. The van der Waals surface area contributed by atoms with E-state index in [1.54, 1.807) is 0 Å². The van der Waals surface area contributed by atoms with Crippen molar-refractivity contribution in [2.24, 2.45) is 0 Å². The van der Waals surface area contributed by atoms with Gasteiger partial charge in [-0.3, -0.25) is 0 Å². The molecule has 0 N–H and O–H groups in total. The fraction of sp³-hybridized carbons (Fsp3) is 0.294. The van der Waals surface area contributed by atoms with Crippen LogP contribution in [0.3, 0.4) is 0 Å². The van der Waals surface area contributed by atoms with Crippen molar-refractivity contribution < 1.29 is 14.0 Å². The van der Waals surface area contributed by atoms with Crippen LogP contribution >= 0.6 is 18.4 Å². The van der Waals surface area contributed by atoms with E-state index in [9.17, 15) is 0 Å². The van der Waals surface area contributed by atoms with Crippen molar-refractivity contribution in [2.75, 3.05) is 0 Å². The predicted octanol–water partition coefficient (Wildman–Crippen LogP) is 8.14. The van der Waals surface area contributed by atoms with Gasteiger partial charge in [0.1, 0.15) is 0 Å². The Morgan fingerprint density at radius 3 is 1.28 bits per heavy atom. The number of hydrogen-bond acceptors (Lipinski definition) is 3. The van der Waals surface area contributed by atoms with Crippen LogP contribution in [0.15, 0.2) is 115 Å². The zero-order chi connectivity index (χ0) is 28.0. The van der Waals surface area contributed by atoms with Crippen LogP contribution in [0, 0.1) is 0 Å². The van der Waals surface area contributed by atoms with Gasteiger partial charge in [0, 0.05) is 0 Å². The summed E-state index contributed by atoms with van der Waals surface area (Å²) in [7, 11) is 0. The number of rotatable bonds is 6. The van der Waals surface area contributed by atoms with E-state index in [1.165, 1.54) is 0 Å². The van der Waals surface area contributed by atoms with Crippen molar-refractivity contribution in [1.82, 2.24) is 0 Å². The molecule has 4 aromatic rings. The Kier molecular flexibility index (Phi) is 7.07. The van der Waals surface area contributed by atoms with E-state index in [4.69, 9.17) is 25.6 Å². The number of halogens is 1. The Bertz CT molecular complexity index is 1290. The first-order valence-electron chi connectivity index (χ1n) is 13.4. The average Bonchev–Trinajstić information content (AvgIpc) is 2.89. The van der Waals surface area contributed by atoms with Crippen LogP contribution in [0.1, 0.15) is 53.2 Å². The summed E-state index contributed by atoms with van der Waals surface area (Å²) in [5, 5.41) is 3.84. The number of benzene rings is 4. The molecule has 4 aromatic carbocycles. The topological polar surface area (TPSA) is 27.7 Å². The molecule has 0 aliphatic carbocycles. The van der Waals surface area contributed by atoms with Gasteiger partial charge in [-0.15, -0.1) is 0 Å². The molecule has 0 amide bonds. The Labute approximate surface area is 238 Å².